The second-order valence-corrected chi connectivity index (χ2v) is 6.96. The summed E-state index contributed by atoms with van der Waals surface area (Å²) in [7, 11) is -2.88. The Morgan fingerprint density at radius 3 is 2.33 bits per heavy atom. The molecule has 0 unspecified atom stereocenters. The molecule has 0 bridgehead atoms. The van der Waals surface area contributed by atoms with Crippen LogP contribution in [0.3, 0.4) is 0 Å². The summed E-state index contributed by atoms with van der Waals surface area (Å²) in [6.45, 7) is 0.158. The molecule has 0 radical (unpaired) electrons. The maximum absolute atomic E-state index is 12.9. The molecule has 1 aromatic rings. The average molecular weight is 344 g/mol. The van der Waals surface area contributed by atoms with Crippen molar-refractivity contribution in [2.45, 2.75) is 30.3 Å². The minimum Gasteiger partial charge on any atom is -0.207 e. The van der Waals surface area contributed by atoms with E-state index in [4.69, 9.17) is 11.6 Å². The molecular weight excluding hydrogens is 327 g/mol. The highest BCUT2D eigenvalue weighted by molar-refractivity contribution is 7.89. The van der Waals surface area contributed by atoms with Gasteiger partial charge in [-0.05, 0) is 25.0 Å². The minimum atomic E-state index is -4.71. The van der Waals surface area contributed by atoms with Crippen LogP contribution >= 0.6 is 11.6 Å². The van der Waals surface area contributed by atoms with Crippen LogP contribution in [0.1, 0.15) is 24.8 Å². The van der Waals surface area contributed by atoms with Crippen molar-refractivity contribution < 1.29 is 21.6 Å². The van der Waals surface area contributed by atoms with Gasteiger partial charge >= 0.3 is 6.18 Å². The fourth-order valence-corrected chi connectivity index (χ4v) is 3.43. The van der Waals surface area contributed by atoms with Crippen LogP contribution in [0.15, 0.2) is 29.2 Å². The third-order valence-electron chi connectivity index (χ3n) is 2.99. The number of unbranched alkanes of at least 4 members (excludes halogenated alkanes) is 2. The maximum Gasteiger partial charge on any atom is 0.417 e. The van der Waals surface area contributed by atoms with Crippen LogP contribution in [-0.4, -0.2) is 32.2 Å². The highest BCUT2D eigenvalue weighted by Crippen LogP contribution is 2.34. The van der Waals surface area contributed by atoms with Crippen molar-refractivity contribution >= 4 is 21.6 Å². The Morgan fingerprint density at radius 1 is 1.14 bits per heavy atom. The van der Waals surface area contributed by atoms with Crippen molar-refractivity contribution in [1.82, 2.24) is 4.31 Å². The van der Waals surface area contributed by atoms with Gasteiger partial charge in [0.1, 0.15) is 0 Å². The summed E-state index contributed by atoms with van der Waals surface area (Å²) < 4.78 is 64.2. The van der Waals surface area contributed by atoms with Crippen molar-refractivity contribution in [2.75, 3.05) is 19.5 Å². The Hall–Kier alpha value is -0.790. The van der Waals surface area contributed by atoms with Crippen LogP contribution in [0.4, 0.5) is 13.2 Å². The quantitative estimate of drug-likeness (QED) is 0.558. The minimum absolute atomic E-state index is 0.158. The molecule has 0 aliphatic rings. The first-order chi connectivity index (χ1) is 9.71. The number of rotatable bonds is 7. The standard InChI is InChI=1S/C13H17ClF3NO2S/c1-18(10-6-2-5-9-14)21(19,20)12-8-4-3-7-11(12)13(15,16)17/h3-4,7-8H,2,5-6,9-10H2,1H3. The molecule has 1 rings (SSSR count). The van der Waals surface area contributed by atoms with Gasteiger partial charge < -0.3 is 0 Å². The first-order valence-corrected chi connectivity index (χ1v) is 8.37. The predicted molar refractivity (Wildman–Crippen MR) is 75.8 cm³/mol. The zero-order valence-electron chi connectivity index (χ0n) is 11.5. The van der Waals surface area contributed by atoms with E-state index in [2.05, 4.69) is 0 Å². The summed E-state index contributed by atoms with van der Waals surface area (Å²) in [5.74, 6) is 0.480. The Balaban J connectivity index is 2.98. The molecule has 0 fully saturated rings. The molecule has 0 aliphatic carbocycles. The van der Waals surface area contributed by atoms with E-state index in [-0.39, 0.29) is 6.54 Å². The zero-order valence-corrected chi connectivity index (χ0v) is 13.1. The lowest BCUT2D eigenvalue weighted by molar-refractivity contribution is -0.139. The van der Waals surface area contributed by atoms with Gasteiger partial charge in [0.05, 0.1) is 10.5 Å². The van der Waals surface area contributed by atoms with Gasteiger partial charge in [-0.25, -0.2) is 12.7 Å². The molecule has 0 atom stereocenters. The van der Waals surface area contributed by atoms with Crippen LogP contribution in [0.5, 0.6) is 0 Å². The molecule has 0 heterocycles. The Bertz CT molecular complexity index is 561. The average Bonchev–Trinajstić information content (AvgIpc) is 2.42. The zero-order chi connectivity index (χ0) is 16.1. The molecule has 0 N–H and O–H groups in total. The third-order valence-corrected chi connectivity index (χ3v) is 5.17. The van der Waals surface area contributed by atoms with Crippen molar-refractivity contribution in [3.63, 3.8) is 0 Å². The number of halogens is 4. The monoisotopic (exact) mass is 343 g/mol. The second-order valence-electron chi connectivity index (χ2n) is 4.57. The second kappa shape index (κ2) is 7.47. The molecule has 0 aromatic heterocycles. The summed E-state index contributed by atoms with van der Waals surface area (Å²) in [4.78, 5) is -0.711. The van der Waals surface area contributed by atoms with Gasteiger partial charge in [-0.2, -0.15) is 13.2 Å². The smallest absolute Gasteiger partial charge is 0.207 e. The van der Waals surface area contributed by atoms with Crippen LogP contribution in [0, 0.1) is 0 Å². The largest absolute Gasteiger partial charge is 0.417 e. The van der Waals surface area contributed by atoms with Gasteiger partial charge in [0, 0.05) is 19.5 Å². The normalized spacial score (nSPS) is 12.9. The van der Waals surface area contributed by atoms with Crippen LogP contribution in [0.25, 0.3) is 0 Å². The van der Waals surface area contributed by atoms with E-state index >= 15 is 0 Å². The highest BCUT2D eigenvalue weighted by Gasteiger charge is 2.37. The summed E-state index contributed by atoms with van der Waals surface area (Å²) in [6, 6.07) is 4.20. The molecule has 0 spiro atoms. The summed E-state index contributed by atoms with van der Waals surface area (Å²) >= 11 is 5.52. The Kier molecular flexibility index (Phi) is 6.49. The lowest BCUT2D eigenvalue weighted by atomic mass is 10.2. The first kappa shape index (κ1) is 18.3. The number of hydrogen-bond donors (Lipinski definition) is 0. The van der Waals surface area contributed by atoms with E-state index in [1.54, 1.807) is 0 Å². The van der Waals surface area contributed by atoms with E-state index in [0.29, 0.717) is 12.3 Å². The van der Waals surface area contributed by atoms with E-state index < -0.39 is 26.7 Å². The van der Waals surface area contributed by atoms with Crippen molar-refractivity contribution in [3.05, 3.63) is 29.8 Å². The summed E-state index contributed by atoms with van der Waals surface area (Å²) in [5.41, 5.74) is -1.14. The van der Waals surface area contributed by atoms with E-state index in [9.17, 15) is 21.6 Å². The van der Waals surface area contributed by atoms with Crippen molar-refractivity contribution in [1.29, 1.82) is 0 Å². The number of sulfonamides is 1. The van der Waals surface area contributed by atoms with Crippen molar-refractivity contribution in [2.24, 2.45) is 0 Å². The molecule has 21 heavy (non-hydrogen) atoms. The van der Waals surface area contributed by atoms with Gasteiger partial charge in [0.2, 0.25) is 10.0 Å². The summed E-state index contributed by atoms with van der Waals surface area (Å²) in [6.07, 6.45) is -2.68. The molecule has 0 saturated carbocycles. The van der Waals surface area contributed by atoms with Gasteiger partial charge in [-0.1, -0.05) is 18.6 Å². The molecule has 0 aliphatic heterocycles. The van der Waals surface area contributed by atoms with E-state index in [1.165, 1.54) is 19.2 Å². The summed E-state index contributed by atoms with van der Waals surface area (Å²) in [5, 5.41) is 0. The molecule has 0 saturated heterocycles. The lowest BCUT2D eigenvalue weighted by Crippen LogP contribution is -2.29. The van der Waals surface area contributed by atoms with Crippen LogP contribution < -0.4 is 0 Å². The number of benzene rings is 1. The van der Waals surface area contributed by atoms with Gasteiger partial charge in [0.15, 0.2) is 0 Å². The van der Waals surface area contributed by atoms with Crippen molar-refractivity contribution in [3.8, 4) is 0 Å². The first-order valence-electron chi connectivity index (χ1n) is 6.40. The Labute approximate surface area is 127 Å². The predicted octanol–water partition coefficient (Wildman–Crippen LogP) is 3.74. The molecular formula is C13H17ClF3NO2S. The van der Waals surface area contributed by atoms with Gasteiger partial charge in [-0.3, -0.25) is 0 Å². The number of hydrogen-bond acceptors (Lipinski definition) is 2. The third kappa shape index (κ3) is 4.86. The fraction of sp³-hybridized carbons (Fsp3) is 0.538. The number of alkyl halides is 4. The maximum atomic E-state index is 12.9. The molecule has 8 heteroatoms. The fourth-order valence-electron chi connectivity index (χ4n) is 1.82. The van der Waals surface area contributed by atoms with Crippen LogP contribution in [0.2, 0.25) is 0 Å². The molecule has 120 valence electrons. The van der Waals surface area contributed by atoms with Crippen LogP contribution in [-0.2, 0) is 16.2 Å². The SMILES string of the molecule is CN(CCCCCCl)S(=O)(=O)c1ccccc1C(F)(F)F. The molecule has 1 aromatic carbocycles. The van der Waals surface area contributed by atoms with Gasteiger partial charge in [0.25, 0.3) is 0 Å². The highest BCUT2D eigenvalue weighted by atomic mass is 35.5. The van der Waals surface area contributed by atoms with E-state index in [1.807, 2.05) is 0 Å². The number of nitrogens with zero attached hydrogens (tertiary/aromatic N) is 1. The van der Waals surface area contributed by atoms with E-state index in [0.717, 1.165) is 29.3 Å². The van der Waals surface area contributed by atoms with Gasteiger partial charge in [-0.15, -0.1) is 11.6 Å². The molecule has 0 amide bonds. The lowest BCUT2D eigenvalue weighted by Gasteiger charge is -2.20. The molecule has 3 nitrogen and oxygen atoms in total. The Morgan fingerprint density at radius 2 is 1.76 bits per heavy atom. The topological polar surface area (TPSA) is 37.4 Å².